The Kier molecular flexibility index (Phi) is 7.63. The van der Waals surface area contributed by atoms with Gasteiger partial charge in [-0.05, 0) is 72.1 Å². The molecule has 214 valence electrons. The third-order valence-electron chi connectivity index (χ3n) is 6.32. The second-order valence-corrected chi connectivity index (χ2v) is 9.92. The molecule has 0 aliphatic carbocycles. The third-order valence-corrected chi connectivity index (χ3v) is 6.82. The van der Waals surface area contributed by atoms with Crippen molar-refractivity contribution in [2.24, 2.45) is 0 Å². The summed E-state index contributed by atoms with van der Waals surface area (Å²) in [6.45, 7) is 0.642. The fraction of sp³-hybridized carbons (Fsp3) is 0.269. The smallest absolute Gasteiger partial charge is 0.416 e. The molecule has 1 aliphatic heterocycles. The summed E-state index contributed by atoms with van der Waals surface area (Å²) in [5.41, 5.74) is -5.28. The van der Waals surface area contributed by atoms with Crippen molar-refractivity contribution < 1.29 is 53.4 Å². The maximum absolute atomic E-state index is 14.7. The van der Waals surface area contributed by atoms with E-state index in [2.05, 4.69) is 15.9 Å². The standard InChI is InChI=1S/C26H16BrF10NO2/c1-12-22(13-6-16(25(32,33)34)9-17(7-13)26(35,36)37)40-23(39)38(12)11-14-8-15(24(29,30)31)2-4-19(14)20-10-18(27)3-5-21(20)28/h2-10,12,22H,11H2,1H3/t12-,22-/m0/s1. The van der Waals surface area contributed by atoms with E-state index < -0.39 is 71.4 Å². The second-order valence-electron chi connectivity index (χ2n) is 9.01. The number of hydrogen-bond acceptors (Lipinski definition) is 2. The van der Waals surface area contributed by atoms with Gasteiger partial charge in [0, 0.05) is 10.0 Å². The number of hydrogen-bond donors (Lipinski definition) is 0. The minimum atomic E-state index is -5.15. The Hall–Kier alpha value is -3.29. The Morgan fingerprint density at radius 3 is 1.90 bits per heavy atom. The van der Waals surface area contributed by atoms with E-state index >= 15 is 0 Å². The number of alkyl halides is 9. The van der Waals surface area contributed by atoms with Crippen LogP contribution >= 0.6 is 15.9 Å². The van der Waals surface area contributed by atoms with Crippen molar-refractivity contribution in [1.29, 1.82) is 0 Å². The number of cyclic esters (lactones) is 1. The molecule has 14 heteroatoms. The van der Waals surface area contributed by atoms with Gasteiger partial charge in [-0.3, -0.25) is 4.90 Å². The fourth-order valence-electron chi connectivity index (χ4n) is 4.35. The summed E-state index contributed by atoms with van der Waals surface area (Å²) in [5.74, 6) is -0.789. The molecule has 0 N–H and O–H groups in total. The summed E-state index contributed by atoms with van der Waals surface area (Å²) in [7, 11) is 0. The number of carbonyl (C=O) groups excluding carboxylic acids is 1. The van der Waals surface area contributed by atoms with Gasteiger partial charge >= 0.3 is 24.6 Å². The molecule has 0 aromatic heterocycles. The maximum atomic E-state index is 14.7. The summed E-state index contributed by atoms with van der Waals surface area (Å²) in [6, 6.07) is 5.68. The summed E-state index contributed by atoms with van der Waals surface area (Å²) in [4.78, 5) is 13.6. The van der Waals surface area contributed by atoms with Crippen LogP contribution in [0.2, 0.25) is 0 Å². The van der Waals surface area contributed by atoms with Crippen LogP contribution in [-0.2, 0) is 29.8 Å². The van der Waals surface area contributed by atoms with E-state index in [9.17, 15) is 48.7 Å². The Morgan fingerprint density at radius 2 is 1.35 bits per heavy atom. The van der Waals surface area contributed by atoms with Crippen molar-refractivity contribution in [3.8, 4) is 11.1 Å². The zero-order valence-electron chi connectivity index (χ0n) is 20.0. The number of ether oxygens (including phenoxy) is 1. The highest BCUT2D eigenvalue weighted by molar-refractivity contribution is 9.10. The minimum Gasteiger partial charge on any atom is -0.439 e. The summed E-state index contributed by atoms with van der Waals surface area (Å²) < 4.78 is 141. The second kappa shape index (κ2) is 10.3. The summed E-state index contributed by atoms with van der Waals surface area (Å²) in [6.07, 6.45) is -17.9. The molecule has 1 amide bonds. The van der Waals surface area contributed by atoms with Crippen LogP contribution in [0.1, 0.15) is 40.8 Å². The van der Waals surface area contributed by atoms with Crippen LogP contribution in [-0.4, -0.2) is 17.0 Å². The maximum Gasteiger partial charge on any atom is 0.416 e. The van der Waals surface area contributed by atoms with E-state index in [1.54, 1.807) is 0 Å². The van der Waals surface area contributed by atoms with Crippen LogP contribution < -0.4 is 0 Å². The number of carbonyl (C=O) groups is 1. The van der Waals surface area contributed by atoms with Crippen LogP contribution in [0.4, 0.5) is 48.7 Å². The average molecular weight is 644 g/mol. The largest absolute Gasteiger partial charge is 0.439 e. The molecule has 0 radical (unpaired) electrons. The number of benzene rings is 3. The molecule has 0 saturated carbocycles. The normalized spacial score (nSPS) is 18.3. The van der Waals surface area contributed by atoms with Crippen LogP contribution in [0.15, 0.2) is 59.1 Å². The summed E-state index contributed by atoms with van der Waals surface area (Å²) >= 11 is 3.15. The van der Waals surface area contributed by atoms with Crippen LogP contribution in [0, 0.1) is 5.82 Å². The highest BCUT2D eigenvalue weighted by Gasteiger charge is 2.43. The molecule has 3 nitrogen and oxygen atoms in total. The highest BCUT2D eigenvalue weighted by Crippen LogP contribution is 2.42. The van der Waals surface area contributed by atoms with Gasteiger partial charge in [-0.15, -0.1) is 0 Å². The molecule has 2 atom stereocenters. The van der Waals surface area contributed by atoms with Crippen molar-refractivity contribution in [2.75, 3.05) is 0 Å². The third kappa shape index (κ3) is 6.06. The molecule has 1 heterocycles. The quantitative estimate of drug-likeness (QED) is 0.265. The molecule has 1 aliphatic rings. The fourth-order valence-corrected chi connectivity index (χ4v) is 4.71. The topological polar surface area (TPSA) is 29.5 Å². The lowest BCUT2D eigenvalue weighted by atomic mass is 9.95. The Bertz CT molecular complexity index is 1420. The molecule has 0 unspecified atom stereocenters. The van der Waals surface area contributed by atoms with Crippen molar-refractivity contribution >= 4 is 22.0 Å². The van der Waals surface area contributed by atoms with E-state index in [0.717, 1.165) is 23.1 Å². The first-order valence-corrected chi connectivity index (χ1v) is 12.1. The molecule has 4 rings (SSSR count). The zero-order valence-corrected chi connectivity index (χ0v) is 21.6. The van der Waals surface area contributed by atoms with Gasteiger partial charge in [0.05, 0.1) is 29.3 Å². The van der Waals surface area contributed by atoms with E-state index in [1.807, 2.05) is 0 Å². The number of rotatable bonds is 4. The lowest BCUT2D eigenvalue weighted by Crippen LogP contribution is -2.32. The Labute approximate surface area is 228 Å². The van der Waals surface area contributed by atoms with Gasteiger partial charge in [0.15, 0.2) is 0 Å². The first-order chi connectivity index (χ1) is 18.4. The van der Waals surface area contributed by atoms with Gasteiger partial charge in [-0.2, -0.15) is 39.5 Å². The Morgan fingerprint density at radius 1 is 0.775 bits per heavy atom. The predicted molar refractivity (Wildman–Crippen MR) is 125 cm³/mol. The molecule has 40 heavy (non-hydrogen) atoms. The van der Waals surface area contributed by atoms with Crippen LogP contribution in [0.5, 0.6) is 0 Å². The van der Waals surface area contributed by atoms with E-state index in [1.165, 1.54) is 19.1 Å². The van der Waals surface area contributed by atoms with E-state index in [-0.39, 0.29) is 22.8 Å². The number of halogens is 11. The van der Waals surface area contributed by atoms with E-state index in [0.29, 0.717) is 22.7 Å². The van der Waals surface area contributed by atoms with Crippen LogP contribution in [0.25, 0.3) is 11.1 Å². The van der Waals surface area contributed by atoms with E-state index in [4.69, 9.17) is 4.74 Å². The van der Waals surface area contributed by atoms with Gasteiger partial charge in [0.25, 0.3) is 0 Å². The average Bonchev–Trinajstić information content (AvgIpc) is 3.12. The molecule has 1 fully saturated rings. The minimum absolute atomic E-state index is 0.0197. The zero-order chi connectivity index (χ0) is 29.8. The van der Waals surface area contributed by atoms with Gasteiger partial charge in [0.1, 0.15) is 11.9 Å². The van der Waals surface area contributed by atoms with Gasteiger partial charge in [0.2, 0.25) is 0 Å². The van der Waals surface area contributed by atoms with Gasteiger partial charge in [-0.1, -0.05) is 22.0 Å². The lowest BCUT2D eigenvalue weighted by Gasteiger charge is -2.24. The highest BCUT2D eigenvalue weighted by atomic mass is 79.9. The number of nitrogens with zero attached hydrogens (tertiary/aromatic N) is 1. The van der Waals surface area contributed by atoms with Crippen molar-refractivity contribution in [3.05, 3.63) is 92.7 Å². The molecule has 3 aromatic carbocycles. The van der Waals surface area contributed by atoms with Crippen LogP contribution in [0.3, 0.4) is 0 Å². The Balaban J connectivity index is 1.77. The first-order valence-electron chi connectivity index (χ1n) is 11.3. The first kappa shape index (κ1) is 29.7. The molecule has 1 saturated heterocycles. The number of amides is 1. The molecule has 3 aromatic rings. The molecule has 0 bridgehead atoms. The molecule has 0 spiro atoms. The SMILES string of the molecule is C[C@H]1[C@@H](c2cc(C(F)(F)F)cc(C(F)(F)F)c2)OC(=O)N1Cc1cc(C(F)(F)F)ccc1-c1cc(Br)ccc1F. The summed E-state index contributed by atoms with van der Waals surface area (Å²) in [5, 5.41) is 0. The van der Waals surface area contributed by atoms with Crippen molar-refractivity contribution in [1.82, 2.24) is 4.90 Å². The predicted octanol–water partition coefficient (Wildman–Crippen LogP) is 9.39. The lowest BCUT2D eigenvalue weighted by molar-refractivity contribution is -0.143. The monoisotopic (exact) mass is 643 g/mol. The van der Waals surface area contributed by atoms with Gasteiger partial charge < -0.3 is 4.74 Å². The molecular weight excluding hydrogens is 628 g/mol. The molecular formula is C26H16BrF10NO2. The van der Waals surface area contributed by atoms with Crippen molar-refractivity contribution in [2.45, 2.75) is 44.1 Å². The van der Waals surface area contributed by atoms with Crippen molar-refractivity contribution in [3.63, 3.8) is 0 Å². The van der Waals surface area contributed by atoms with Gasteiger partial charge in [-0.25, -0.2) is 9.18 Å².